The molecule has 0 bridgehead atoms. The first-order chi connectivity index (χ1) is 20.8. The summed E-state index contributed by atoms with van der Waals surface area (Å²) in [6.45, 7) is 9.74. The lowest BCUT2D eigenvalue weighted by Gasteiger charge is -2.23. The molecule has 0 saturated carbocycles. The third kappa shape index (κ3) is 11.2. The number of hydrogen-bond acceptors (Lipinski definition) is 5. The predicted octanol–water partition coefficient (Wildman–Crippen LogP) is 5.99. The number of alkyl carbamates (subject to hydrolysis) is 1. The van der Waals surface area contributed by atoms with Crippen LogP contribution in [0.25, 0.3) is 11.1 Å². The summed E-state index contributed by atoms with van der Waals surface area (Å²) in [4.78, 5) is 50.2. The molecule has 9 heteroatoms. The fourth-order valence-electron chi connectivity index (χ4n) is 4.68. The number of nitrogens with one attached hydrogen (secondary N) is 3. The van der Waals surface area contributed by atoms with E-state index in [2.05, 4.69) is 16.0 Å². The normalized spacial score (nSPS) is 12.6. The Balaban J connectivity index is 1.73. The highest BCUT2D eigenvalue weighted by Gasteiger charge is 2.29. The fraction of sp³-hybridized carbons (Fsp3) is 0.371. The van der Waals surface area contributed by atoms with Gasteiger partial charge in [-0.3, -0.25) is 14.4 Å². The molecule has 0 aliphatic carbocycles. The van der Waals surface area contributed by atoms with Crippen molar-refractivity contribution in [1.29, 1.82) is 0 Å². The van der Waals surface area contributed by atoms with Crippen molar-refractivity contribution < 1.29 is 29.0 Å². The highest BCUT2D eigenvalue weighted by atomic mass is 16.6. The smallest absolute Gasteiger partial charge is 0.407 e. The lowest BCUT2D eigenvalue weighted by Crippen LogP contribution is -2.43. The van der Waals surface area contributed by atoms with Crippen LogP contribution in [0.2, 0.25) is 0 Å². The van der Waals surface area contributed by atoms with E-state index < -0.39 is 41.4 Å². The van der Waals surface area contributed by atoms with Gasteiger partial charge in [-0.15, -0.1) is 0 Å². The zero-order chi connectivity index (χ0) is 32.3. The Bertz CT molecular complexity index is 1400. The van der Waals surface area contributed by atoms with Gasteiger partial charge in [-0.1, -0.05) is 92.7 Å². The molecule has 234 valence electrons. The van der Waals surface area contributed by atoms with Crippen LogP contribution in [-0.4, -0.2) is 34.6 Å². The summed E-state index contributed by atoms with van der Waals surface area (Å²) in [6.07, 6.45) is -0.438. The maximum absolute atomic E-state index is 13.5. The number of aliphatic carboxylic acids is 1. The van der Waals surface area contributed by atoms with Crippen molar-refractivity contribution >= 4 is 23.9 Å². The Morgan fingerprint density at radius 1 is 0.750 bits per heavy atom. The summed E-state index contributed by atoms with van der Waals surface area (Å²) in [5.74, 6) is -2.63. The molecule has 1 unspecified atom stereocenters. The Morgan fingerprint density at radius 3 is 1.82 bits per heavy atom. The zero-order valence-electron chi connectivity index (χ0n) is 26.1. The number of benzene rings is 3. The Morgan fingerprint density at radius 2 is 1.30 bits per heavy atom. The van der Waals surface area contributed by atoms with Gasteiger partial charge in [-0.2, -0.15) is 0 Å². The SMILES string of the molecule is CC(C)C[C@H](CC(=O)O)C(=O)NC(C(=O)NCc1ccc(CNC(=O)OC(C)(C)C)cc1)c1ccc(-c2ccccc2)cc1. The summed E-state index contributed by atoms with van der Waals surface area (Å²) in [5.41, 5.74) is 3.67. The molecule has 0 aliphatic rings. The number of carboxylic acid groups (broad SMARTS) is 1. The van der Waals surface area contributed by atoms with Gasteiger partial charge in [-0.25, -0.2) is 4.79 Å². The highest BCUT2D eigenvalue weighted by molar-refractivity contribution is 5.90. The van der Waals surface area contributed by atoms with Crippen LogP contribution in [0.3, 0.4) is 0 Å². The minimum absolute atomic E-state index is 0.102. The van der Waals surface area contributed by atoms with Crippen molar-refractivity contribution in [1.82, 2.24) is 16.0 Å². The van der Waals surface area contributed by atoms with E-state index in [1.807, 2.05) is 80.6 Å². The molecule has 0 saturated heterocycles. The van der Waals surface area contributed by atoms with Crippen LogP contribution in [0.1, 0.15) is 70.2 Å². The van der Waals surface area contributed by atoms with Gasteiger partial charge in [0.25, 0.3) is 0 Å². The third-order valence-corrected chi connectivity index (χ3v) is 6.77. The third-order valence-electron chi connectivity index (χ3n) is 6.77. The van der Waals surface area contributed by atoms with Crippen LogP contribution in [0, 0.1) is 11.8 Å². The topological polar surface area (TPSA) is 134 Å². The van der Waals surface area contributed by atoms with Crippen LogP contribution in [0.4, 0.5) is 4.79 Å². The second-order valence-electron chi connectivity index (χ2n) is 12.2. The van der Waals surface area contributed by atoms with Crippen molar-refractivity contribution in [2.24, 2.45) is 11.8 Å². The Kier molecular flexibility index (Phi) is 12.1. The van der Waals surface area contributed by atoms with Gasteiger partial charge < -0.3 is 25.8 Å². The molecule has 3 rings (SSSR count). The number of carbonyl (C=O) groups is 4. The standard InChI is InChI=1S/C35H43N3O6/c1-23(2)19-29(20-30(39)40)32(41)38-31(28-17-15-27(16-18-28)26-9-7-6-8-10-26)33(42)36-21-24-11-13-25(14-12-24)22-37-34(43)44-35(3,4)5/h6-18,23,29,31H,19-22H2,1-5H3,(H,36,42)(H,37,43)(H,38,41)(H,39,40)/t29-,31?/m1/s1. The van der Waals surface area contributed by atoms with Gasteiger partial charge in [0.15, 0.2) is 0 Å². The molecule has 3 aromatic carbocycles. The summed E-state index contributed by atoms with van der Waals surface area (Å²) in [6, 6.07) is 23.6. The largest absolute Gasteiger partial charge is 0.481 e. The number of rotatable bonds is 13. The molecule has 0 fully saturated rings. The molecule has 0 spiro atoms. The van der Waals surface area contributed by atoms with E-state index >= 15 is 0 Å². The number of amides is 3. The molecule has 44 heavy (non-hydrogen) atoms. The molecular formula is C35H43N3O6. The van der Waals surface area contributed by atoms with Gasteiger partial charge in [0.1, 0.15) is 11.6 Å². The summed E-state index contributed by atoms with van der Waals surface area (Å²) >= 11 is 0. The van der Waals surface area contributed by atoms with Crippen LogP contribution in [0.15, 0.2) is 78.9 Å². The van der Waals surface area contributed by atoms with E-state index in [1.54, 1.807) is 32.9 Å². The van der Waals surface area contributed by atoms with Crippen molar-refractivity contribution in [3.05, 3.63) is 95.6 Å². The van der Waals surface area contributed by atoms with Crippen LogP contribution < -0.4 is 16.0 Å². The van der Waals surface area contributed by atoms with Crippen LogP contribution in [0.5, 0.6) is 0 Å². The molecule has 2 atom stereocenters. The number of hydrogen-bond donors (Lipinski definition) is 4. The number of carboxylic acids is 1. The molecule has 3 amide bonds. The molecule has 0 aliphatic heterocycles. The monoisotopic (exact) mass is 601 g/mol. The van der Waals surface area contributed by atoms with Crippen molar-refractivity contribution in [2.75, 3.05) is 0 Å². The molecule has 0 radical (unpaired) electrons. The second kappa shape index (κ2) is 15.7. The maximum atomic E-state index is 13.5. The molecule has 0 heterocycles. The molecular weight excluding hydrogens is 558 g/mol. The minimum Gasteiger partial charge on any atom is -0.481 e. The molecule has 3 aromatic rings. The predicted molar refractivity (Wildman–Crippen MR) is 169 cm³/mol. The van der Waals surface area contributed by atoms with E-state index in [1.165, 1.54) is 0 Å². The second-order valence-corrected chi connectivity index (χ2v) is 12.2. The van der Waals surface area contributed by atoms with Crippen molar-refractivity contribution in [3.63, 3.8) is 0 Å². The van der Waals surface area contributed by atoms with Gasteiger partial charge in [-0.05, 0) is 60.9 Å². The lowest BCUT2D eigenvalue weighted by molar-refractivity contribution is -0.141. The van der Waals surface area contributed by atoms with E-state index in [0.29, 0.717) is 18.5 Å². The van der Waals surface area contributed by atoms with Crippen molar-refractivity contribution in [2.45, 2.75) is 72.2 Å². The first-order valence-corrected chi connectivity index (χ1v) is 14.8. The average molecular weight is 602 g/mol. The first kappa shape index (κ1) is 33.8. The molecule has 0 aromatic heterocycles. The quantitative estimate of drug-likeness (QED) is 0.190. The maximum Gasteiger partial charge on any atom is 0.407 e. The minimum atomic E-state index is -1.07. The average Bonchev–Trinajstić information content (AvgIpc) is 2.97. The first-order valence-electron chi connectivity index (χ1n) is 14.8. The van der Waals surface area contributed by atoms with Crippen LogP contribution >= 0.6 is 0 Å². The van der Waals surface area contributed by atoms with E-state index in [-0.39, 0.29) is 18.9 Å². The molecule has 9 nitrogen and oxygen atoms in total. The Hall–Kier alpha value is -4.66. The van der Waals surface area contributed by atoms with Crippen molar-refractivity contribution in [3.8, 4) is 11.1 Å². The number of carbonyl (C=O) groups excluding carboxylic acids is 3. The molecule has 4 N–H and O–H groups in total. The zero-order valence-corrected chi connectivity index (χ0v) is 26.1. The van der Waals surface area contributed by atoms with Gasteiger partial charge in [0.05, 0.1) is 6.42 Å². The van der Waals surface area contributed by atoms with E-state index in [4.69, 9.17) is 4.74 Å². The van der Waals surface area contributed by atoms with Crippen LogP contribution in [-0.2, 0) is 32.2 Å². The summed E-state index contributed by atoms with van der Waals surface area (Å²) in [7, 11) is 0. The lowest BCUT2D eigenvalue weighted by atomic mass is 9.92. The fourth-order valence-corrected chi connectivity index (χ4v) is 4.68. The van der Waals surface area contributed by atoms with E-state index in [9.17, 15) is 24.3 Å². The van der Waals surface area contributed by atoms with E-state index in [0.717, 1.165) is 22.3 Å². The summed E-state index contributed by atoms with van der Waals surface area (Å²) < 4.78 is 5.26. The Labute approximate surface area is 259 Å². The summed E-state index contributed by atoms with van der Waals surface area (Å²) in [5, 5.41) is 17.8. The van der Waals surface area contributed by atoms with Gasteiger partial charge >= 0.3 is 12.1 Å². The van der Waals surface area contributed by atoms with Gasteiger partial charge in [0.2, 0.25) is 11.8 Å². The number of ether oxygens (including phenoxy) is 1. The highest BCUT2D eigenvalue weighted by Crippen LogP contribution is 2.24. The van der Waals surface area contributed by atoms with Gasteiger partial charge in [0, 0.05) is 19.0 Å².